The highest BCUT2D eigenvalue weighted by Crippen LogP contribution is 2.00. The molecule has 0 bridgehead atoms. The maximum atomic E-state index is 11.5. The van der Waals surface area contributed by atoms with Crippen LogP contribution in [0.15, 0.2) is 0 Å². The van der Waals surface area contributed by atoms with Crippen LogP contribution in [0.1, 0.15) is 34.6 Å². The van der Waals surface area contributed by atoms with Crippen molar-refractivity contribution in [1.82, 2.24) is 4.90 Å². The van der Waals surface area contributed by atoms with Crippen LogP contribution in [0, 0.1) is 5.92 Å². The molecule has 0 atom stereocenters. The van der Waals surface area contributed by atoms with Gasteiger partial charge in [0.1, 0.15) is 0 Å². The van der Waals surface area contributed by atoms with Crippen LogP contribution in [0.3, 0.4) is 0 Å². The quantitative estimate of drug-likeness (QED) is 0.685. The number of likely N-dealkylation sites (N-methyl/N-ethyl adjacent to an activating group) is 1. The fraction of sp³-hybridized carbons (Fsp3) is 0.909. The van der Waals surface area contributed by atoms with Gasteiger partial charge in [-0.15, -0.1) is 0 Å². The van der Waals surface area contributed by atoms with Crippen LogP contribution in [0.5, 0.6) is 0 Å². The Morgan fingerprint density at radius 1 is 1.36 bits per heavy atom. The van der Waals surface area contributed by atoms with Crippen molar-refractivity contribution < 1.29 is 9.53 Å². The van der Waals surface area contributed by atoms with Crippen molar-refractivity contribution in [3.05, 3.63) is 0 Å². The van der Waals surface area contributed by atoms with Gasteiger partial charge in [-0.2, -0.15) is 0 Å². The molecule has 0 aliphatic rings. The average Bonchev–Trinajstić information content (AvgIpc) is 2.21. The van der Waals surface area contributed by atoms with E-state index in [9.17, 15) is 4.79 Å². The van der Waals surface area contributed by atoms with Gasteiger partial charge in [0.15, 0.2) is 0 Å². The lowest BCUT2D eigenvalue weighted by molar-refractivity contribution is -0.134. The molecule has 0 N–H and O–H groups in total. The molecule has 0 saturated carbocycles. The van der Waals surface area contributed by atoms with Gasteiger partial charge in [-0.3, -0.25) is 4.79 Å². The van der Waals surface area contributed by atoms with Crippen LogP contribution < -0.4 is 0 Å². The van der Waals surface area contributed by atoms with Crippen LogP contribution in [0.2, 0.25) is 0 Å². The second kappa shape index (κ2) is 10.5. The topological polar surface area (TPSA) is 29.5 Å². The van der Waals surface area contributed by atoms with E-state index in [2.05, 4.69) is 0 Å². The van der Waals surface area contributed by atoms with Crippen molar-refractivity contribution in [1.29, 1.82) is 0 Å². The fourth-order valence-electron chi connectivity index (χ4n) is 0.991. The summed E-state index contributed by atoms with van der Waals surface area (Å²) in [6.45, 7) is 11.9. The van der Waals surface area contributed by atoms with Gasteiger partial charge in [0.2, 0.25) is 5.91 Å². The number of rotatable bonds is 5. The van der Waals surface area contributed by atoms with Crippen molar-refractivity contribution >= 4 is 5.91 Å². The molecule has 0 aromatic heterocycles. The Kier molecular flexibility index (Phi) is 11.9. The summed E-state index contributed by atoms with van der Waals surface area (Å²) in [6, 6.07) is 0. The highest BCUT2D eigenvalue weighted by Gasteiger charge is 2.14. The molecule has 0 fully saturated rings. The summed E-state index contributed by atoms with van der Waals surface area (Å²) in [6.07, 6.45) is 0. The largest absolute Gasteiger partial charge is 0.383 e. The standard InChI is InChI=1S/C9H19NO2.C2H6/c1-5-10(6-7-12-4)9(11)8(2)3;1-2/h8H,5-7H2,1-4H3;1-2H3. The third-order valence-corrected chi connectivity index (χ3v) is 1.75. The van der Waals surface area contributed by atoms with E-state index >= 15 is 0 Å². The van der Waals surface area contributed by atoms with Crippen molar-refractivity contribution in [2.75, 3.05) is 26.8 Å². The lowest BCUT2D eigenvalue weighted by atomic mass is 10.2. The average molecular weight is 203 g/mol. The summed E-state index contributed by atoms with van der Waals surface area (Å²) in [7, 11) is 1.65. The molecule has 14 heavy (non-hydrogen) atoms. The minimum Gasteiger partial charge on any atom is -0.383 e. The maximum Gasteiger partial charge on any atom is 0.225 e. The second-order valence-corrected chi connectivity index (χ2v) is 3.07. The van der Waals surface area contributed by atoms with E-state index in [1.807, 2.05) is 39.5 Å². The summed E-state index contributed by atoms with van der Waals surface area (Å²) in [5, 5.41) is 0. The van der Waals surface area contributed by atoms with Gasteiger partial charge in [0.05, 0.1) is 6.61 Å². The SMILES string of the molecule is CC.CCN(CCOC)C(=O)C(C)C. The van der Waals surface area contributed by atoms with Crippen molar-refractivity contribution in [3.8, 4) is 0 Å². The summed E-state index contributed by atoms with van der Waals surface area (Å²) in [5.41, 5.74) is 0. The normalized spacial score (nSPS) is 9.36. The minimum absolute atomic E-state index is 0.0850. The van der Waals surface area contributed by atoms with Crippen LogP contribution in [-0.2, 0) is 9.53 Å². The van der Waals surface area contributed by atoms with Crippen molar-refractivity contribution in [2.45, 2.75) is 34.6 Å². The number of carbonyl (C=O) groups excluding carboxylic acids is 1. The Bertz CT molecular complexity index is 135. The van der Waals surface area contributed by atoms with E-state index < -0.39 is 0 Å². The molecule has 0 aromatic carbocycles. The lowest BCUT2D eigenvalue weighted by Gasteiger charge is -2.22. The van der Waals surface area contributed by atoms with Gasteiger partial charge in [0.25, 0.3) is 0 Å². The highest BCUT2D eigenvalue weighted by atomic mass is 16.5. The highest BCUT2D eigenvalue weighted by molar-refractivity contribution is 5.78. The summed E-state index contributed by atoms with van der Waals surface area (Å²) in [4.78, 5) is 13.3. The number of methoxy groups -OCH3 is 1. The number of ether oxygens (including phenoxy) is 1. The van der Waals surface area contributed by atoms with E-state index in [4.69, 9.17) is 4.74 Å². The fourth-order valence-corrected chi connectivity index (χ4v) is 0.991. The molecule has 3 heteroatoms. The molecule has 0 heterocycles. The van der Waals surface area contributed by atoms with Gasteiger partial charge < -0.3 is 9.64 Å². The van der Waals surface area contributed by atoms with Gasteiger partial charge >= 0.3 is 0 Å². The van der Waals surface area contributed by atoms with E-state index in [1.54, 1.807) is 7.11 Å². The van der Waals surface area contributed by atoms with Gasteiger partial charge in [0, 0.05) is 26.1 Å². The predicted molar refractivity (Wildman–Crippen MR) is 60.3 cm³/mol. The maximum absolute atomic E-state index is 11.5. The number of amides is 1. The van der Waals surface area contributed by atoms with E-state index in [-0.39, 0.29) is 11.8 Å². The first-order valence-electron chi connectivity index (χ1n) is 5.41. The molecule has 0 aliphatic carbocycles. The van der Waals surface area contributed by atoms with Crippen molar-refractivity contribution in [3.63, 3.8) is 0 Å². The van der Waals surface area contributed by atoms with Gasteiger partial charge in [-0.05, 0) is 6.92 Å². The molecule has 0 aliphatic heterocycles. The number of hydrogen-bond acceptors (Lipinski definition) is 2. The van der Waals surface area contributed by atoms with E-state index in [0.717, 1.165) is 6.54 Å². The number of nitrogens with zero attached hydrogens (tertiary/aromatic N) is 1. The Balaban J connectivity index is 0. The van der Waals surface area contributed by atoms with Crippen molar-refractivity contribution in [2.24, 2.45) is 5.92 Å². The Morgan fingerprint density at radius 2 is 1.86 bits per heavy atom. The van der Waals surface area contributed by atoms with Crippen LogP contribution in [0.25, 0.3) is 0 Å². The zero-order valence-corrected chi connectivity index (χ0v) is 10.5. The Morgan fingerprint density at radius 3 is 2.14 bits per heavy atom. The lowest BCUT2D eigenvalue weighted by Crippen LogP contribution is -2.36. The number of hydrogen-bond donors (Lipinski definition) is 0. The van der Waals surface area contributed by atoms with Crippen LogP contribution in [0.4, 0.5) is 0 Å². The molecule has 3 nitrogen and oxygen atoms in total. The molecule has 0 saturated heterocycles. The smallest absolute Gasteiger partial charge is 0.225 e. The zero-order valence-electron chi connectivity index (χ0n) is 10.5. The summed E-state index contributed by atoms with van der Waals surface area (Å²) < 4.78 is 4.91. The Hall–Kier alpha value is -0.570. The number of carbonyl (C=O) groups is 1. The second-order valence-electron chi connectivity index (χ2n) is 3.07. The van der Waals surface area contributed by atoms with Crippen LogP contribution in [-0.4, -0.2) is 37.6 Å². The molecule has 1 amide bonds. The minimum atomic E-state index is 0.0850. The van der Waals surface area contributed by atoms with Crippen LogP contribution >= 0.6 is 0 Å². The van der Waals surface area contributed by atoms with E-state index in [0.29, 0.717) is 13.2 Å². The first-order chi connectivity index (χ1) is 6.63. The van der Waals surface area contributed by atoms with Gasteiger partial charge in [-0.25, -0.2) is 0 Å². The summed E-state index contributed by atoms with van der Waals surface area (Å²) >= 11 is 0. The first-order valence-corrected chi connectivity index (χ1v) is 5.41. The predicted octanol–water partition coefficient (Wildman–Crippen LogP) is 2.16. The van der Waals surface area contributed by atoms with Gasteiger partial charge in [-0.1, -0.05) is 27.7 Å². The first kappa shape index (κ1) is 15.9. The molecule has 86 valence electrons. The third kappa shape index (κ3) is 6.89. The van der Waals surface area contributed by atoms with E-state index in [1.165, 1.54) is 0 Å². The monoisotopic (exact) mass is 203 g/mol. The molecule has 0 unspecified atom stereocenters. The molecule has 0 radical (unpaired) electrons. The zero-order chi connectivity index (χ0) is 11.6. The summed E-state index contributed by atoms with van der Waals surface area (Å²) in [5.74, 6) is 0.288. The third-order valence-electron chi connectivity index (χ3n) is 1.75. The molecule has 0 aromatic rings. The molecular formula is C11H25NO2. The molecule has 0 spiro atoms. The molecule has 0 rings (SSSR count). The molecular weight excluding hydrogens is 178 g/mol. The Labute approximate surface area is 88.4 Å².